The Morgan fingerprint density at radius 1 is 1.21 bits per heavy atom. The first-order valence-electron chi connectivity index (χ1n) is 9.47. The van der Waals surface area contributed by atoms with Crippen molar-refractivity contribution in [2.45, 2.75) is 12.6 Å². The van der Waals surface area contributed by atoms with E-state index in [-0.39, 0.29) is 0 Å². The molecule has 0 aliphatic carbocycles. The van der Waals surface area contributed by atoms with Gasteiger partial charge in [-0.2, -0.15) is 0 Å². The van der Waals surface area contributed by atoms with E-state index in [4.69, 9.17) is 4.74 Å². The van der Waals surface area contributed by atoms with Crippen LogP contribution >= 0.6 is 0 Å². The minimum Gasteiger partial charge on any atom is -0.494 e. The largest absolute Gasteiger partial charge is 0.494 e. The van der Waals surface area contributed by atoms with E-state index in [1.807, 2.05) is 25.9 Å². The Labute approximate surface area is 170 Å². The number of likely N-dealkylation sites (N-methyl/N-ethyl adjacent to an activating group) is 1. The molecule has 0 saturated heterocycles. The van der Waals surface area contributed by atoms with Gasteiger partial charge >= 0.3 is 6.03 Å². The first-order chi connectivity index (χ1) is 13.9. The van der Waals surface area contributed by atoms with Crippen molar-refractivity contribution < 1.29 is 19.4 Å². The molecule has 8 nitrogen and oxygen atoms in total. The van der Waals surface area contributed by atoms with Gasteiger partial charge in [0.1, 0.15) is 5.75 Å². The lowest BCUT2D eigenvalue weighted by molar-refractivity contribution is -0.140. The number of carbonyl (C=O) groups is 2. The number of nitrogens with zero attached hydrogens (tertiary/aromatic N) is 2. The van der Waals surface area contributed by atoms with Crippen LogP contribution < -0.4 is 20.3 Å². The topological polar surface area (TPSA) is 94.1 Å². The molecule has 0 radical (unpaired) electrons. The zero-order valence-electron chi connectivity index (χ0n) is 16.8. The molecule has 29 heavy (non-hydrogen) atoms. The van der Waals surface area contributed by atoms with Crippen LogP contribution in [0.5, 0.6) is 5.75 Å². The van der Waals surface area contributed by atoms with E-state index in [1.165, 1.54) is 0 Å². The molecule has 8 heteroatoms. The Kier molecular flexibility index (Phi) is 6.05. The molecule has 0 spiro atoms. The molecule has 3 amide bonds. The van der Waals surface area contributed by atoms with E-state index in [1.54, 1.807) is 48.5 Å². The molecule has 1 unspecified atom stereocenters. The molecule has 3 N–H and O–H groups in total. The number of para-hydroxylation sites is 1. The van der Waals surface area contributed by atoms with Crippen LogP contribution in [0.3, 0.4) is 0 Å². The van der Waals surface area contributed by atoms with Gasteiger partial charge in [-0.05, 0) is 51.4 Å². The highest BCUT2D eigenvalue weighted by Gasteiger charge is 2.51. The lowest BCUT2D eigenvalue weighted by Gasteiger charge is -2.42. The van der Waals surface area contributed by atoms with Crippen LogP contribution in [-0.4, -0.2) is 55.7 Å². The maximum Gasteiger partial charge on any atom is 0.329 e. The van der Waals surface area contributed by atoms with Crippen LogP contribution in [0.4, 0.5) is 16.2 Å². The third-order valence-electron chi connectivity index (χ3n) is 4.64. The summed E-state index contributed by atoms with van der Waals surface area (Å²) in [4.78, 5) is 29.0. The van der Waals surface area contributed by atoms with Crippen molar-refractivity contribution >= 4 is 23.3 Å². The smallest absolute Gasteiger partial charge is 0.329 e. The van der Waals surface area contributed by atoms with Crippen molar-refractivity contribution in [3.8, 4) is 5.75 Å². The predicted molar refractivity (Wildman–Crippen MR) is 111 cm³/mol. The van der Waals surface area contributed by atoms with Gasteiger partial charge in [0, 0.05) is 24.3 Å². The van der Waals surface area contributed by atoms with Crippen molar-refractivity contribution in [3.63, 3.8) is 0 Å². The number of hydrogen-bond acceptors (Lipinski definition) is 5. The highest BCUT2D eigenvalue weighted by Crippen LogP contribution is 2.40. The molecular weight excluding hydrogens is 372 g/mol. The standard InChI is InChI=1S/C21H26N4O4/c1-4-29-16-11-9-15(10-12-16)25-20(27)23-18-8-6-5-7-17(18)21(25,28)19(26)22-13-14-24(2)3/h5-12,28H,4,13-14H2,1-3H3,(H,22,26)(H,23,27). The predicted octanol–water partition coefficient (Wildman–Crippen LogP) is 1.96. The lowest BCUT2D eigenvalue weighted by atomic mass is 9.95. The Morgan fingerprint density at radius 3 is 2.55 bits per heavy atom. The minimum atomic E-state index is -2.20. The monoisotopic (exact) mass is 398 g/mol. The molecule has 154 valence electrons. The number of benzene rings is 2. The average molecular weight is 398 g/mol. The number of rotatable bonds is 7. The number of amides is 3. The van der Waals surface area contributed by atoms with E-state index < -0.39 is 17.7 Å². The van der Waals surface area contributed by atoms with E-state index >= 15 is 0 Å². The highest BCUT2D eigenvalue weighted by atomic mass is 16.5. The molecule has 2 aromatic rings. The third kappa shape index (κ3) is 4.03. The molecule has 1 aliphatic heterocycles. The number of hydrogen-bond donors (Lipinski definition) is 3. The zero-order chi connectivity index (χ0) is 21.0. The molecule has 3 rings (SSSR count). The summed E-state index contributed by atoms with van der Waals surface area (Å²) in [5, 5.41) is 17.1. The van der Waals surface area contributed by atoms with Gasteiger partial charge in [-0.3, -0.25) is 9.69 Å². The van der Waals surface area contributed by atoms with Crippen LogP contribution in [0.2, 0.25) is 0 Å². The first kappa shape index (κ1) is 20.6. The zero-order valence-corrected chi connectivity index (χ0v) is 16.8. The maximum absolute atomic E-state index is 13.1. The highest BCUT2D eigenvalue weighted by molar-refractivity contribution is 6.11. The average Bonchev–Trinajstić information content (AvgIpc) is 2.69. The summed E-state index contributed by atoms with van der Waals surface area (Å²) < 4.78 is 5.44. The molecule has 0 saturated carbocycles. The van der Waals surface area contributed by atoms with Crippen molar-refractivity contribution in [2.75, 3.05) is 44.0 Å². The van der Waals surface area contributed by atoms with Gasteiger partial charge in [-0.25, -0.2) is 4.79 Å². The van der Waals surface area contributed by atoms with Gasteiger partial charge in [0.15, 0.2) is 0 Å². The second-order valence-corrected chi connectivity index (χ2v) is 6.97. The summed E-state index contributed by atoms with van der Waals surface area (Å²) in [6.45, 7) is 3.31. The first-order valence-corrected chi connectivity index (χ1v) is 9.47. The van der Waals surface area contributed by atoms with Crippen LogP contribution in [0.15, 0.2) is 48.5 Å². The minimum absolute atomic E-state index is 0.302. The van der Waals surface area contributed by atoms with Crippen molar-refractivity contribution in [1.82, 2.24) is 10.2 Å². The van der Waals surface area contributed by atoms with Gasteiger partial charge in [-0.15, -0.1) is 0 Å². The summed E-state index contributed by atoms with van der Waals surface area (Å²) in [6, 6.07) is 12.8. The van der Waals surface area contributed by atoms with E-state index in [9.17, 15) is 14.7 Å². The van der Waals surface area contributed by atoms with E-state index in [0.29, 0.717) is 42.4 Å². The van der Waals surface area contributed by atoms with Gasteiger partial charge in [0.05, 0.1) is 12.3 Å². The SMILES string of the molecule is CCOc1ccc(N2C(=O)Nc3ccccc3C2(O)C(=O)NCCN(C)C)cc1. The molecule has 0 bridgehead atoms. The number of carbonyl (C=O) groups excluding carboxylic acids is 2. The van der Waals surface area contributed by atoms with Crippen molar-refractivity contribution in [3.05, 3.63) is 54.1 Å². The fraction of sp³-hybridized carbons (Fsp3) is 0.333. The van der Waals surface area contributed by atoms with Crippen LogP contribution in [-0.2, 0) is 10.5 Å². The summed E-state index contributed by atoms with van der Waals surface area (Å²) in [6.07, 6.45) is 0. The Bertz CT molecular complexity index is 885. The number of aliphatic hydroxyl groups is 1. The van der Waals surface area contributed by atoms with Crippen LogP contribution in [0.25, 0.3) is 0 Å². The van der Waals surface area contributed by atoms with Gasteiger partial charge in [0.2, 0.25) is 0 Å². The molecule has 1 atom stereocenters. The number of nitrogens with one attached hydrogen (secondary N) is 2. The van der Waals surface area contributed by atoms with Gasteiger partial charge < -0.3 is 25.4 Å². The van der Waals surface area contributed by atoms with Crippen molar-refractivity contribution in [1.29, 1.82) is 0 Å². The second-order valence-electron chi connectivity index (χ2n) is 6.97. The third-order valence-corrected chi connectivity index (χ3v) is 4.64. The Balaban J connectivity index is 2.02. The van der Waals surface area contributed by atoms with Crippen LogP contribution in [0.1, 0.15) is 12.5 Å². The second kappa shape index (κ2) is 8.50. The molecule has 2 aromatic carbocycles. The summed E-state index contributed by atoms with van der Waals surface area (Å²) in [5.41, 5.74) is -1.13. The number of fused-ring (bicyclic) bond motifs is 1. The fourth-order valence-corrected chi connectivity index (χ4v) is 3.24. The molecule has 0 aromatic heterocycles. The molecular formula is C21H26N4O4. The summed E-state index contributed by atoms with van der Waals surface area (Å²) in [7, 11) is 3.77. The number of ether oxygens (including phenoxy) is 1. The molecule has 1 heterocycles. The van der Waals surface area contributed by atoms with Gasteiger partial charge in [-0.1, -0.05) is 18.2 Å². The normalized spacial score (nSPS) is 18.2. The summed E-state index contributed by atoms with van der Waals surface area (Å²) in [5.74, 6) is -0.0384. The van der Waals surface area contributed by atoms with E-state index in [2.05, 4.69) is 10.6 Å². The Morgan fingerprint density at radius 2 is 1.90 bits per heavy atom. The molecule has 0 fully saturated rings. The maximum atomic E-state index is 13.1. The summed E-state index contributed by atoms with van der Waals surface area (Å²) >= 11 is 0. The molecule has 1 aliphatic rings. The van der Waals surface area contributed by atoms with Crippen molar-refractivity contribution in [2.24, 2.45) is 0 Å². The van der Waals surface area contributed by atoms with E-state index in [0.717, 1.165) is 4.90 Å². The van der Waals surface area contributed by atoms with Crippen LogP contribution in [0, 0.1) is 0 Å². The van der Waals surface area contributed by atoms with Gasteiger partial charge in [0.25, 0.3) is 11.6 Å². The number of anilines is 2. The number of urea groups is 1. The Hall–Kier alpha value is -3.10. The lowest BCUT2D eigenvalue weighted by Crippen LogP contribution is -2.62. The quantitative estimate of drug-likeness (QED) is 0.663. The fourth-order valence-electron chi connectivity index (χ4n) is 3.24.